The van der Waals surface area contributed by atoms with E-state index in [4.69, 9.17) is 21.4 Å². The molecule has 5 N–H and O–H groups in total. The third-order valence-electron chi connectivity index (χ3n) is 2.97. The van der Waals surface area contributed by atoms with Gasteiger partial charge in [-0.3, -0.25) is 4.79 Å². The van der Waals surface area contributed by atoms with Crippen molar-refractivity contribution in [3.05, 3.63) is 24.3 Å². The van der Waals surface area contributed by atoms with E-state index in [0.29, 0.717) is 5.69 Å². The molecule has 0 unspecified atom stereocenters. The van der Waals surface area contributed by atoms with Crippen LogP contribution < -0.4 is 16.2 Å². The summed E-state index contributed by atoms with van der Waals surface area (Å²) in [5, 5.41) is 7.42. The number of benzene rings is 1. The average Bonchev–Trinajstić information content (AvgIpc) is 3.01. The number of aliphatic carboxylic acids is 1. The quantitative estimate of drug-likeness (QED) is 0.536. The molecule has 26 heavy (non-hydrogen) atoms. The molecule has 1 saturated heterocycles. The lowest BCUT2D eigenvalue weighted by atomic mass is 10.3. The first kappa shape index (κ1) is 21.1. The monoisotopic (exact) mass is 375 g/mol. The van der Waals surface area contributed by atoms with Gasteiger partial charge in [0.05, 0.1) is 5.69 Å². The number of nitrogens with zero attached hydrogens (tertiary/aromatic N) is 3. The van der Waals surface area contributed by atoms with Gasteiger partial charge in [0.2, 0.25) is 5.96 Å². The number of alkyl halides is 3. The zero-order valence-corrected chi connectivity index (χ0v) is 14.0. The molecule has 0 radical (unpaired) electrons. The van der Waals surface area contributed by atoms with Crippen molar-refractivity contribution in [1.29, 1.82) is 0 Å². The molecular formula is C15H20F3N5O3. The third-order valence-corrected chi connectivity index (χ3v) is 2.97. The summed E-state index contributed by atoms with van der Waals surface area (Å²) in [4.78, 5) is 18.8. The van der Waals surface area contributed by atoms with Gasteiger partial charge in [-0.2, -0.15) is 4.99 Å². The summed E-state index contributed by atoms with van der Waals surface area (Å²) in [7, 11) is 0. The van der Waals surface area contributed by atoms with Crippen LogP contribution in [0.5, 0.6) is 5.75 Å². The van der Waals surface area contributed by atoms with Crippen LogP contribution in [0.3, 0.4) is 0 Å². The van der Waals surface area contributed by atoms with E-state index in [-0.39, 0.29) is 17.7 Å². The van der Waals surface area contributed by atoms with Crippen LogP contribution >= 0.6 is 0 Å². The maximum Gasteiger partial charge on any atom is 0.573 e. The fourth-order valence-corrected chi connectivity index (χ4v) is 2.01. The number of ether oxygens (including phenoxy) is 1. The number of halogens is 3. The lowest BCUT2D eigenvalue weighted by molar-refractivity contribution is -0.274. The summed E-state index contributed by atoms with van der Waals surface area (Å²) in [6.45, 7) is 2.73. The van der Waals surface area contributed by atoms with E-state index in [0.717, 1.165) is 45.0 Å². The minimum Gasteiger partial charge on any atom is -0.481 e. The lowest BCUT2D eigenvalue weighted by Gasteiger charge is -2.15. The van der Waals surface area contributed by atoms with Crippen LogP contribution in [0, 0.1) is 0 Å². The molecule has 0 spiro atoms. The van der Waals surface area contributed by atoms with Gasteiger partial charge in [0.15, 0.2) is 5.96 Å². The standard InChI is InChI=1S/C13H16F3N5O.C2H4O2/c14-13(15,16)22-10-5-3-9(4-6-10)19-11(17)20-12(18)21-7-1-2-8-21;1-2(3)4/h3-6H,1-2,7-8H2,(H4,17,18,19,20);1H3,(H,3,4). The second-order valence-corrected chi connectivity index (χ2v) is 5.19. The second kappa shape index (κ2) is 9.49. The largest absolute Gasteiger partial charge is 0.573 e. The zero-order chi connectivity index (χ0) is 19.7. The highest BCUT2D eigenvalue weighted by Gasteiger charge is 2.30. The molecule has 144 valence electrons. The number of hydrogen-bond acceptors (Lipinski definition) is 3. The van der Waals surface area contributed by atoms with Crippen molar-refractivity contribution in [3.8, 4) is 5.75 Å². The lowest BCUT2D eigenvalue weighted by Crippen LogP contribution is -2.36. The van der Waals surface area contributed by atoms with Gasteiger partial charge in [0.1, 0.15) is 5.75 Å². The van der Waals surface area contributed by atoms with Crippen molar-refractivity contribution in [2.24, 2.45) is 21.5 Å². The van der Waals surface area contributed by atoms with Gasteiger partial charge in [-0.1, -0.05) is 0 Å². The molecule has 1 heterocycles. The van der Waals surface area contributed by atoms with Gasteiger partial charge >= 0.3 is 6.36 Å². The van der Waals surface area contributed by atoms with Crippen LogP contribution in [-0.2, 0) is 4.79 Å². The summed E-state index contributed by atoms with van der Waals surface area (Å²) in [5.41, 5.74) is 11.8. The molecule has 8 nitrogen and oxygen atoms in total. The Bertz CT molecular complexity index is 649. The topological polar surface area (TPSA) is 127 Å². The van der Waals surface area contributed by atoms with Gasteiger partial charge in [-0.15, -0.1) is 13.2 Å². The van der Waals surface area contributed by atoms with Crippen LogP contribution in [-0.4, -0.2) is 47.3 Å². The fraction of sp³-hybridized carbons (Fsp3) is 0.400. The Balaban J connectivity index is 0.000000765. The number of guanidine groups is 2. The van der Waals surface area contributed by atoms with Crippen LogP contribution in [0.15, 0.2) is 34.3 Å². The van der Waals surface area contributed by atoms with E-state index < -0.39 is 12.3 Å². The minimum absolute atomic E-state index is 0.0612. The highest BCUT2D eigenvalue weighted by molar-refractivity contribution is 5.94. The zero-order valence-electron chi connectivity index (χ0n) is 14.0. The molecule has 1 aliphatic heterocycles. The second-order valence-electron chi connectivity index (χ2n) is 5.19. The van der Waals surface area contributed by atoms with E-state index in [9.17, 15) is 13.2 Å². The van der Waals surface area contributed by atoms with Crippen LogP contribution in [0.2, 0.25) is 0 Å². The van der Waals surface area contributed by atoms with Crippen molar-refractivity contribution in [1.82, 2.24) is 4.90 Å². The highest BCUT2D eigenvalue weighted by Crippen LogP contribution is 2.24. The molecule has 2 rings (SSSR count). The van der Waals surface area contributed by atoms with Crippen LogP contribution in [0.4, 0.5) is 18.9 Å². The van der Waals surface area contributed by atoms with Crippen LogP contribution in [0.25, 0.3) is 0 Å². The molecule has 0 saturated carbocycles. The Kier molecular flexibility index (Phi) is 7.69. The molecule has 1 aliphatic rings. The van der Waals surface area contributed by atoms with Crippen molar-refractivity contribution in [2.45, 2.75) is 26.1 Å². The number of nitrogens with two attached hydrogens (primary N) is 2. The Morgan fingerprint density at radius 2 is 1.69 bits per heavy atom. The predicted molar refractivity (Wildman–Crippen MR) is 90.1 cm³/mol. The van der Waals surface area contributed by atoms with E-state index >= 15 is 0 Å². The molecule has 0 bridgehead atoms. The predicted octanol–water partition coefficient (Wildman–Crippen LogP) is 2.03. The van der Waals surface area contributed by atoms with Gasteiger partial charge < -0.3 is 26.2 Å². The van der Waals surface area contributed by atoms with E-state index in [1.165, 1.54) is 12.1 Å². The van der Waals surface area contributed by atoms with Crippen LogP contribution in [0.1, 0.15) is 19.8 Å². The minimum atomic E-state index is -4.72. The molecule has 0 aliphatic carbocycles. The normalized spacial score (nSPS) is 15.3. The Hall–Kier alpha value is -2.98. The Labute approximate surface area is 148 Å². The molecule has 0 aromatic heterocycles. The number of aliphatic imine (C=N–C) groups is 2. The average molecular weight is 375 g/mol. The summed E-state index contributed by atoms with van der Waals surface area (Å²) < 4.78 is 39.9. The number of rotatable bonds is 2. The van der Waals surface area contributed by atoms with Crippen molar-refractivity contribution in [2.75, 3.05) is 13.1 Å². The summed E-state index contributed by atoms with van der Waals surface area (Å²) in [6, 6.07) is 4.98. The molecular weight excluding hydrogens is 355 g/mol. The van der Waals surface area contributed by atoms with Gasteiger partial charge in [-0.25, -0.2) is 4.99 Å². The number of carbonyl (C=O) groups is 1. The smallest absolute Gasteiger partial charge is 0.481 e. The fourth-order valence-electron chi connectivity index (χ4n) is 2.01. The first-order valence-corrected chi connectivity index (χ1v) is 7.55. The number of likely N-dealkylation sites (tertiary alicyclic amines) is 1. The summed E-state index contributed by atoms with van der Waals surface area (Å²) in [5.74, 6) is -0.935. The van der Waals surface area contributed by atoms with Crippen molar-refractivity contribution < 1.29 is 27.8 Å². The molecule has 11 heteroatoms. The van der Waals surface area contributed by atoms with Crippen molar-refractivity contribution in [3.63, 3.8) is 0 Å². The van der Waals surface area contributed by atoms with Crippen molar-refractivity contribution >= 4 is 23.6 Å². The van der Waals surface area contributed by atoms with Gasteiger partial charge in [-0.05, 0) is 37.1 Å². The maximum absolute atomic E-state index is 12.0. The summed E-state index contributed by atoms with van der Waals surface area (Å²) >= 11 is 0. The molecule has 1 aromatic carbocycles. The SMILES string of the molecule is CC(=O)O.NC(=Nc1ccc(OC(F)(F)F)cc1)/N=C(/N)N1CCCC1. The molecule has 1 aromatic rings. The van der Waals surface area contributed by atoms with Gasteiger partial charge in [0.25, 0.3) is 5.97 Å². The third kappa shape index (κ3) is 8.76. The first-order chi connectivity index (χ1) is 12.1. The van der Waals surface area contributed by atoms with E-state index in [2.05, 4.69) is 14.7 Å². The number of carboxylic acids is 1. The molecule has 1 fully saturated rings. The maximum atomic E-state index is 12.0. The molecule has 0 amide bonds. The Morgan fingerprint density at radius 3 is 2.15 bits per heavy atom. The number of hydrogen-bond donors (Lipinski definition) is 3. The molecule has 0 atom stereocenters. The van der Waals surface area contributed by atoms with E-state index in [1.54, 1.807) is 0 Å². The van der Waals surface area contributed by atoms with E-state index in [1.807, 2.05) is 4.90 Å². The highest BCUT2D eigenvalue weighted by atomic mass is 19.4. The van der Waals surface area contributed by atoms with Gasteiger partial charge in [0, 0.05) is 20.0 Å². The Morgan fingerprint density at radius 1 is 1.19 bits per heavy atom. The summed E-state index contributed by atoms with van der Waals surface area (Å²) in [6.07, 6.45) is -2.62. The first-order valence-electron chi connectivity index (χ1n) is 7.55. The number of carboxylic acid groups (broad SMARTS) is 1.